The number of rotatable bonds is 9. The number of nitrogens with zero attached hydrogens (tertiary/aromatic N) is 3. The normalized spacial score (nSPS) is 24.6. The van der Waals surface area contributed by atoms with Gasteiger partial charge in [0.2, 0.25) is 17.7 Å². The number of alkyl halides is 8. The Hall–Kier alpha value is -3.00. The second-order valence-electron chi connectivity index (χ2n) is 11.4. The zero-order chi connectivity index (χ0) is 29.7. The Kier molecular flexibility index (Phi) is 7.68. The summed E-state index contributed by atoms with van der Waals surface area (Å²) in [6, 6.07) is 0.0935. The van der Waals surface area contributed by atoms with Gasteiger partial charge in [-0.25, -0.2) is 18.3 Å². The largest absolute Gasteiger partial charge is 0.392 e. The third kappa shape index (κ3) is 7.26. The summed E-state index contributed by atoms with van der Waals surface area (Å²) in [7, 11) is 0. The first-order valence-corrected chi connectivity index (χ1v) is 13.6. The van der Waals surface area contributed by atoms with Crippen LogP contribution < -0.4 is 10.6 Å². The van der Waals surface area contributed by atoms with Crippen LogP contribution in [0.25, 0.3) is 5.65 Å². The second kappa shape index (κ2) is 10.7. The molecule has 0 spiro atoms. The summed E-state index contributed by atoms with van der Waals surface area (Å²) < 4.78 is 106. The highest BCUT2D eigenvalue weighted by Crippen LogP contribution is 2.51. The van der Waals surface area contributed by atoms with Crippen molar-refractivity contribution < 1.29 is 44.7 Å². The van der Waals surface area contributed by atoms with Crippen molar-refractivity contribution in [3.63, 3.8) is 0 Å². The van der Waals surface area contributed by atoms with Crippen LogP contribution in [0.15, 0.2) is 18.5 Å². The lowest BCUT2D eigenvalue weighted by molar-refractivity contribution is -0.155. The Balaban J connectivity index is 1.36. The molecule has 2 heterocycles. The lowest BCUT2D eigenvalue weighted by atomic mass is 9.81. The summed E-state index contributed by atoms with van der Waals surface area (Å²) in [6.45, 7) is 0. The number of fused-ring (bicyclic) bond motifs is 1. The van der Waals surface area contributed by atoms with Crippen LogP contribution in [0.2, 0.25) is 0 Å². The van der Waals surface area contributed by atoms with Crippen LogP contribution in [-0.4, -0.2) is 44.7 Å². The van der Waals surface area contributed by atoms with Crippen molar-refractivity contribution in [3.8, 4) is 0 Å². The third-order valence-electron chi connectivity index (χ3n) is 8.16. The topological polar surface area (TPSA) is 88.4 Å². The van der Waals surface area contributed by atoms with E-state index < -0.39 is 85.6 Å². The number of hydrogen-bond donors (Lipinski definition) is 2. The van der Waals surface area contributed by atoms with Crippen molar-refractivity contribution in [1.29, 1.82) is 0 Å². The van der Waals surface area contributed by atoms with E-state index in [0.29, 0.717) is 5.56 Å². The molecule has 3 aliphatic carbocycles. The molecule has 5 rings (SSSR count). The molecule has 3 fully saturated rings. The molecule has 3 saturated carbocycles. The van der Waals surface area contributed by atoms with Gasteiger partial charge >= 0.3 is 12.4 Å². The van der Waals surface area contributed by atoms with Gasteiger partial charge in [-0.1, -0.05) is 0 Å². The van der Waals surface area contributed by atoms with Gasteiger partial charge in [0.05, 0.1) is 48.4 Å². The number of amides is 2. The quantitative estimate of drug-likeness (QED) is 0.358. The van der Waals surface area contributed by atoms with Gasteiger partial charge in [0.1, 0.15) is 0 Å². The van der Waals surface area contributed by atoms with Crippen LogP contribution in [0, 0.1) is 23.7 Å². The van der Waals surface area contributed by atoms with Gasteiger partial charge in [-0.3, -0.25) is 9.59 Å². The first-order valence-electron chi connectivity index (χ1n) is 13.6. The van der Waals surface area contributed by atoms with Crippen molar-refractivity contribution in [2.45, 2.75) is 88.1 Å². The smallest absolute Gasteiger partial charge is 0.349 e. The van der Waals surface area contributed by atoms with E-state index in [4.69, 9.17) is 0 Å². The van der Waals surface area contributed by atoms with E-state index in [2.05, 4.69) is 20.7 Å². The summed E-state index contributed by atoms with van der Waals surface area (Å²) in [4.78, 5) is 29.5. The molecule has 0 aromatic carbocycles. The summed E-state index contributed by atoms with van der Waals surface area (Å²) >= 11 is 0. The van der Waals surface area contributed by atoms with Crippen LogP contribution in [0.5, 0.6) is 0 Å². The molecule has 0 radical (unpaired) electrons. The maximum atomic E-state index is 13.9. The van der Waals surface area contributed by atoms with Gasteiger partial charge in [-0.05, 0) is 55.6 Å². The van der Waals surface area contributed by atoms with Crippen LogP contribution in [0.1, 0.15) is 81.1 Å². The second-order valence-corrected chi connectivity index (χ2v) is 11.4. The Bertz CT molecular complexity index is 1280. The molecule has 3 aliphatic rings. The van der Waals surface area contributed by atoms with Gasteiger partial charge in [0.15, 0.2) is 5.65 Å². The number of halogens is 8. The highest BCUT2D eigenvalue weighted by atomic mass is 19.4. The zero-order valence-electron chi connectivity index (χ0n) is 21.7. The van der Waals surface area contributed by atoms with E-state index in [1.165, 1.54) is 16.9 Å². The van der Waals surface area contributed by atoms with Gasteiger partial charge in [0.25, 0.3) is 0 Å². The summed E-state index contributed by atoms with van der Waals surface area (Å²) in [5, 5.41) is 9.57. The maximum absolute atomic E-state index is 13.9. The molecule has 0 aliphatic heterocycles. The van der Waals surface area contributed by atoms with E-state index in [9.17, 15) is 44.7 Å². The molecule has 0 unspecified atom stereocenters. The molecule has 0 bridgehead atoms. The molecule has 2 amide bonds. The van der Waals surface area contributed by atoms with Crippen LogP contribution in [0.4, 0.5) is 35.1 Å². The maximum Gasteiger partial charge on any atom is 0.392 e. The van der Waals surface area contributed by atoms with E-state index in [0.717, 1.165) is 12.8 Å². The molecule has 2 N–H and O–H groups in total. The van der Waals surface area contributed by atoms with Crippen molar-refractivity contribution in [3.05, 3.63) is 29.7 Å². The molecule has 41 heavy (non-hydrogen) atoms. The van der Waals surface area contributed by atoms with Gasteiger partial charge in [-0.15, -0.1) is 0 Å². The first-order chi connectivity index (χ1) is 19.1. The minimum atomic E-state index is -4.51. The molecular formula is C26H29F8N5O2. The van der Waals surface area contributed by atoms with E-state index in [1.54, 1.807) is 6.07 Å². The van der Waals surface area contributed by atoms with Crippen LogP contribution >= 0.6 is 0 Å². The molecule has 2 aromatic rings. The molecular weight excluding hydrogens is 566 g/mol. The SMILES string of the molecule is O=C(CCC(F)(F)F)N[C@@H](c1cnn2cc([C@@H](NC(=O)[C@H]3C[C@@H]3C(F)(F)F)C3CCC(F)(F)CC3)nc2c1)C1CC1. The third-order valence-corrected chi connectivity index (χ3v) is 8.16. The standard InChI is InChI=1S/C26H29F8N5O2/c27-24(28)6-3-14(4-7-24)22(38-23(41)16-10-17(16)26(32,33)34)18-12-39-19(36-18)9-15(11-35-39)21(13-1-2-13)37-20(40)5-8-25(29,30)31/h9,11-14,16-17,21-22H,1-8,10H2,(H,37,40)(H,38,41)/t16-,17-,21+,22-/m0/s1. The van der Waals surface area contributed by atoms with Crippen molar-refractivity contribution in [2.24, 2.45) is 23.7 Å². The number of hydrogen-bond acceptors (Lipinski definition) is 4. The number of aromatic nitrogens is 3. The molecule has 226 valence electrons. The Labute approximate surface area is 229 Å². The Morgan fingerprint density at radius 1 is 1.00 bits per heavy atom. The predicted molar refractivity (Wildman–Crippen MR) is 127 cm³/mol. The monoisotopic (exact) mass is 595 g/mol. The van der Waals surface area contributed by atoms with Crippen molar-refractivity contribution >= 4 is 17.5 Å². The average molecular weight is 596 g/mol. The number of nitrogens with one attached hydrogen (secondary N) is 2. The fourth-order valence-corrected chi connectivity index (χ4v) is 5.57. The van der Waals surface area contributed by atoms with E-state index in [-0.39, 0.29) is 36.5 Å². The fourth-order valence-electron chi connectivity index (χ4n) is 5.57. The van der Waals surface area contributed by atoms with Crippen LogP contribution in [-0.2, 0) is 9.59 Å². The Morgan fingerprint density at radius 2 is 1.66 bits per heavy atom. The molecule has 7 nitrogen and oxygen atoms in total. The minimum absolute atomic E-state index is 0.0135. The summed E-state index contributed by atoms with van der Waals surface area (Å²) in [6.07, 6.45) is -7.62. The average Bonchev–Trinajstić information content (AvgIpc) is 3.79. The molecule has 0 saturated heterocycles. The predicted octanol–water partition coefficient (Wildman–Crippen LogP) is 5.82. The van der Waals surface area contributed by atoms with Gasteiger partial charge < -0.3 is 10.6 Å². The molecule has 15 heteroatoms. The highest BCUT2D eigenvalue weighted by molar-refractivity contribution is 5.82. The van der Waals surface area contributed by atoms with Gasteiger partial charge in [0, 0.05) is 19.3 Å². The summed E-state index contributed by atoms with van der Waals surface area (Å²) in [5.41, 5.74) is 1.04. The molecule has 4 atom stereocenters. The van der Waals surface area contributed by atoms with Gasteiger partial charge in [-0.2, -0.15) is 31.4 Å². The lowest BCUT2D eigenvalue weighted by Gasteiger charge is -2.33. The number of carbonyl (C=O) groups is 2. The zero-order valence-corrected chi connectivity index (χ0v) is 21.7. The lowest BCUT2D eigenvalue weighted by Crippen LogP contribution is -2.38. The Morgan fingerprint density at radius 3 is 2.24 bits per heavy atom. The van der Waals surface area contributed by atoms with Crippen molar-refractivity contribution in [2.75, 3.05) is 0 Å². The number of imidazole rings is 1. The minimum Gasteiger partial charge on any atom is -0.349 e. The molecule has 2 aromatic heterocycles. The number of carbonyl (C=O) groups excluding carboxylic acids is 2. The van der Waals surface area contributed by atoms with E-state index >= 15 is 0 Å². The first kappa shape index (κ1) is 29.5. The van der Waals surface area contributed by atoms with E-state index in [1.807, 2.05) is 0 Å². The highest BCUT2D eigenvalue weighted by Gasteiger charge is 2.59. The van der Waals surface area contributed by atoms with Crippen LogP contribution in [0.3, 0.4) is 0 Å². The summed E-state index contributed by atoms with van der Waals surface area (Å²) in [5.74, 6) is -7.88. The fraction of sp³-hybridized carbons (Fsp3) is 0.692. The van der Waals surface area contributed by atoms with Crippen molar-refractivity contribution in [1.82, 2.24) is 25.2 Å².